The minimum atomic E-state index is 0.384. The minimum absolute atomic E-state index is 0.384. The summed E-state index contributed by atoms with van der Waals surface area (Å²) < 4.78 is 7.80. The number of hydrogen-bond donors (Lipinski definition) is 0. The second-order valence-corrected chi connectivity index (χ2v) is 10.1. The lowest BCUT2D eigenvalue weighted by atomic mass is 9.88. The third-order valence-electron chi connectivity index (χ3n) is 6.68. The highest BCUT2D eigenvalue weighted by atomic mass is 32.1. The molecule has 0 amide bonds. The van der Waals surface area contributed by atoms with Crippen LogP contribution in [0, 0.1) is 13.8 Å². The maximum absolute atomic E-state index is 6.55. The molecule has 0 spiro atoms. The highest BCUT2D eigenvalue weighted by molar-refractivity contribution is 7.17. The summed E-state index contributed by atoms with van der Waals surface area (Å²) in [5, 5.41) is 5.60. The Bertz CT molecular complexity index is 1650. The molecule has 3 aromatic carbocycles. The van der Waals surface area contributed by atoms with Crippen molar-refractivity contribution in [3.05, 3.63) is 88.9 Å². The summed E-state index contributed by atoms with van der Waals surface area (Å²) in [5.41, 5.74) is 10.3. The standard InChI is InChI=1S/C30H25NOS/c1-17(2)25-16-31-26(15-24(25)28-18(3)7-5-8-19(28)4)22-10-6-9-20-21-11-12-27-23(13-14-33-27)30(21)32-29(20)22/h5-17H,1-4H3. The van der Waals surface area contributed by atoms with E-state index in [4.69, 9.17) is 9.40 Å². The molecule has 3 aromatic heterocycles. The number of furan rings is 1. The van der Waals surface area contributed by atoms with Crippen LogP contribution in [0.3, 0.4) is 0 Å². The average Bonchev–Trinajstić information content (AvgIpc) is 3.43. The first-order chi connectivity index (χ1) is 16.0. The van der Waals surface area contributed by atoms with Gasteiger partial charge in [0.1, 0.15) is 11.2 Å². The molecule has 0 aliphatic rings. The molecule has 3 heteroatoms. The second kappa shape index (κ2) is 7.57. The van der Waals surface area contributed by atoms with Gasteiger partial charge in [0.05, 0.1) is 5.69 Å². The van der Waals surface area contributed by atoms with E-state index in [2.05, 4.69) is 99.9 Å². The number of aryl methyl sites for hydroxylation is 2. The highest BCUT2D eigenvalue weighted by Crippen LogP contribution is 2.41. The average molecular weight is 448 g/mol. The number of pyridine rings is 1. The van der Waals surface area contributed by atoms with Gasteiger partial charge in [-0.1, -0.05) is 44.2 Å². The summed E-state index contributed by atoms with van der Waals surface area (Å²) in [6.07, 6.45) is 2.06. The summed E-state index contributed by atoms with van der Waals surface area (Å²) in [6, 6.07) is 21.7. The fraction of sp³-hybridized carbons (Fsp3) is 0.167. The SMILES string of the molecule is Cc1cccc(C)c1-c1cc(-c2cccc3c2oc2c4ccsc4ccc32)ncc1C(C)C. The van der Waals surface area contributed by atoms with Crippen molar-refractivity contribution in [2.24, 2.45) is 0 Å². The summed E-state index contributed by atoms with van der Waals surface area (Å²) >= 11 is 1.75. The van der Waals surface area contributed by atoms with Crippen molar-refractivity contribution in [1.82, 2.24) is 4.98 Å². The Morgan fingerprint density at radius 1 is 0.788 bits per heavy atom. The zero-order chi connectivity index (χ0) is 22.7. The van der Waals surface area contributed by atoms with Crippen molar-refractivity contribution in [2.75, 3.05) is 0 Å². The van der Waals surface area contributed by atoms with Crippen molar-refractivity contribution >= 4 is 43.4 Å². The molecule has 3 heterocycles. The molecule has 0 N–H and O–H groups in total. The number of fused-ring (bicyclic) bond motifs is 5. The van der Waals surface area contributed by atoms with Crippen LogP contribution < -0.4 is 0 Å². The smallest absolute Gasteiger partial charge is 0.144 e. The van der Waals surface area contributed by atoms with E-state index in [0.29, 0.717) is 5.92 Å². The van der Waals surface area contributed by atoms with E-state index in [9.17, 15) is 0 Å². The van der Waals surface area contributed by atoms with Gasteiger partial charge >= 0.3 is 0 Å². The van der Waals surface area contributed by atoms with Crippen LogP contribution in [-0.4, -0.2) is 4.98 Å². The van der Waals surface area contributed by atoms with Crippen molar-refractivity contribution < 1.29 is 4.42 Å². The molecule has 0 radical (unpaired) electrons. The van der Waals surface area contributed by atoms with E-state index >= 15 is 0 Å². The van der Waals surface area contributed by atoms with Gasteiger partial charge in [-0.2, -0.15) is 0 Å². The number of para-hydroxylation sites is 1. The fourth-order valence-corrected chi connectivity index (χ4v) is 5.82. The first-order valence-corrected chi connectivity index (χ1v) is 12.3. The number of benzene rings is 3. The van der Waals surface area contributed by atoms with Gasteiger partial charge in [-0.05, 0) is 83.3 Å². The number of thiophene rings is 1. The Hall–Kier alpha value is -3.43. The maximum atomic E-state index is 6.55. The van der Waals surface area contributed by atoms with Crippen molar-refractivity contribution in [3.63, 3.8) is 0 Å². The van der Waals surface area contributed by atoms with Crippen LogP contribution in [0.5, 0.6) is 0 Å². The van der Waals surface area contributed by atoms with Crippen LogP contribution in [0.2, 0.25) is 0 Å². The molecule has 0 atom stereocenters. The molecule has 0 unspecified atom stereocenters. The topological polar surface area (TPSA) is 26.0 Å². The van der Waals surface area contributed by atoms with E-state index in [0.717, 1.165) is 33.2 Å². The normalized spacial score (nSPS) is 11.9. The molecule has 0 fully saturated rings. The van der Waals surface area contributed by atoms with Gasteiger partial charge in [0.2, 0.25) is 0 Å². The maximum Gasteiger partial charge on any atom is 0.144 e. The molecule has 2 nitrogen and oxygen atoms in total. The van der Waals surface area contributed by atoms with Crippen molar-refractivity contribution in [3.8, 4) is 22.4 Å². The first-order valence-electron chi connectivity index (χ1n) is 11.4. The van der Waals surface area contributed by atoms with Crippen LogP contribution in [0.1, 0.15) is 36.5 Å². The van der Waals surface area contributed by atoms with Gasteiger partial charge in [-0.3, -0.25) is 4.98 Å². The summed E-state index contributed by atoms with van der Waals surface area (Å²) in [6.45, 7) is 8.86. The Morgan fingerprint density at radius 2 is 1.55 bits per heavy atom. The fourth-order valence-electron chi connectivity index (χ4n) is 5.03. The molecule has 0 bridgehead atoms. The number of rotatable bonds is 3. The third kappa shape index (κ3) is 3.11. The number of nitrogens with zero attached hydrogens (tertiary/aromatic N) is 1. The lowest BCUT2D eigenvalue weighted by Crippen LogP contribution is -1.99. The Morgan fingerprint density at radius 3 is 2.33 bits per heavy atom. The Labute approximate surface area is 197 Å². The van der Waals surface area contributed by atoms with Gasteiger partial charge in [0.25, 0.3) is 0 Å². The zero-order valence-corrected chi connectivity index (χ0v) is 20.1. The quantitative estimate of drug-likeness (QED) is 0.270. The predicted molar refractivity (Wildman–Crippen MR) is 141 cm³/mol. The van der Waals surface area contributed by atoms with Crippen LogP contribution in [0.4, 0.5) is 0 Å². The lowest BCUT2D eigenvalue weighted by molar-refractivity contribution is 0.673. The molecule has 0 saturated heterocycles. The van der Waals surface area contributed by atoms with Crippen molar-refractivity contribution in [2.45, 2.75) is 33.6 Å². The van der Waals surface area contributed by atoms with Gasteiger partial charge in [0, 0.05) is 32.6 Å². The van der Waals surface area contributed by atoms with E-state index < -0.39 is 0 Å². The van der Waals surface area contributed by atoms with Gasteiger partial charge in [-0.15, -0.1) is 11.3 Å². The predicted octanol–water partition coefficient (Wildman–Crippen LogP) is 9.27. The summed E-state index contributed by atoms with van der Waals surface area (Å²) in [5.74, 6) is 0.384. The van der Waals surface area contributed by atoms with Crippen LogP contribution in [0.25, 0.3) is 54.4 Å². The van der Waals surface area contributed by atoms with Crippen molar-refractivity contribution in [1.29, 1.82) is 0 Å². The van der Waals surface area contributed by atoms with E-state index in [1.54, 1.807) is 11.3 Å². The monoisotopic (exact) mass is 447 g/mol. The van der Waals surface area contributed by atoms with Gasteiger partial charge in [-0.25, -0.2) is 0 Å². The molecule has 6 rings (SSSR count). The molecule has 162 valence electrons. The Balaban J connectivity index is 1.64. The van der Waals surface area contributed by atoms with E-state index in [-0.39, 0.29) is 0 Å². The largest absolute Gasteiger partial charge is 0.455 e. The van der Waals surface area contributed by atoms with E-state index in [1.807, 2.05) is 0 Å². The second-order valence-electron chi connectivity index (χ2n) is 9.14. The molecule has 6 aromatic rings. The zero-order valence-electron chi connectivity index (χ0n) is 19.3. The lowest BCUT2D eigenvalue weighted by Gasteiger charge is -2.18. The molecule has 33 heavy (non-hydrogen) atoms. The Kier molecular flexibility index (Phi) is 4.63. The van der Waals surface area contributed by atoms with Gasteiger partial charge < -0.3 is 4.42 Å². The molecule has 0 aliphatic carbocycles. The summed E-state index contributed by atoms with van der Waals surface area (Å²) in [7, 11) is 0. The van der Waals surface area contributed by atoms with Crippen LogP contribution in [0.15, 0.2) is 76.7 Å². The van der Waals surface area contributed by atoms with Gasteiger partial charge in [0.15, 0.2) is 0 Å². The van der Waals surface area contributed by atoms with E-state index in [1.165, 1.54) is 37.9 Å². The molecular weight excluding hydrogens is 422 g/mol. The molecular formula is C30H25NOS. The third-order valence-corrected chi connectivity index (χ3v) is 7.56. The highest BCUT2D eigenvalue weighted by Gasteiger charge is 2.19. The summed E-state index contributed by atoms with van der Waals surface area (Å²) in [4.78, 5) is 4.93. The first kappa shape index (κ1) is 20.2. The number of hydrogen-bond acceptors (Lipinski definition) is 3. The molecule has 0 aliphatic heterocycles. The van der Waals surface area contributed by atoms with Crippen LogP contribution in [-0.2, 0) is 0 Å². The minimum Gasteiger partial charge on any atom is -0.455 e. The van der Waals surface area contributed by atoms with Crippen LogP contribution >= 0.6 is 11.3 Å². The molecule has 0 saturated carbocycles. The number of aromatic nitrogens is 1.